The van der Waals surface area contributed by atoms with E-state index in [2.05, 4.69) is 0 Å². The van der Waals surface area contributed by atoms with Gasteiger partial charge in [-0.25, -0.2) is 4.39 Å². The third-order valence-corrected chi connectivity index (χ3v) is 6.11. The molecule has 1 heterocycles. The Labute approximate surface area is 144 Å². The van der Waals surface area contributed by atoms with Gasteiger partial charge in [0.1, 0.15) is 18.2 Å². The van der Waals surface area contributed by atoms with Crippen LogP contribution in [-0.2, 0) is 27.9 Å². The first-order valence-electron chi connectivity index (χ1n) is 8.07. The van der Waals surface area contributed by atoms with Gasteiger partial charge in [0.15, 0.2) is 0 Å². The van der Waals surface area contributed by atoms with Crippen molar-refractivity contribution in [2.24, 2.45) is 0 Å². The maximum Gasteiger partial charge on any atom is 0.123 e. The fourth-order valence-electron chi connectivity index (χ4n) is 2.76. The van der Waals surface area contributed by atoms with Gasteiger partial charge in [0.05, 0.1) is 11.4 Å². The lowest BCUT2D eigenvalue weighted by Crippen LogP contribution is -2.24. The molecule has 128 valence electrons. The lowest BCUT2D eigenvalue weighted by molar-refractivity contribution is 0.127. The molecule has 0 spiro atoms. The predicted molar refractivity (Wildman–Crippen MR) is 92.8 cm³/mol. The molecule has 2 aromatic carbocycles. The van der Waals surface area contributed by atoms with Crippen LogP contribution >= 0.6 is 0 Å². The molecule has 24 heavy (non-hydrogen) atoms. The predicted octanol–water partition coefficient (Wildman–Crippen LogP) is 3.83. The molecule has 0 N–H and O–H groups in total. The van der Waals surface area contributed by atoms with E-state index in [0.29, 0.717) is 19.0 Å². The summed E-state index contributed by atoms with van der Waals surface area (Å²) >= 11 is 0. The molecule has 5 heteroatoms. The Morgan fingerprint density at radius 3 is 2.42 bits per heavy atom. The molecule has 1 saturated heterocycles. The molecule has 0 bridgehead atoms. The van der Waals surface area contributed by atoms with E-state index in [9.17, 15) is 8.60 Å². The molecule has 0 aromatic heterocycles. The lowest BCUT2D eigenvalue weighted by atomic mass is 10.2. The van der Waals surface area contributed by atoms with Gasteiger partial charge in [-0.05, 0) is 48.7 Å². The van der Waals surface area contributed by atoms with Crippen molar-refractivity contribution in [1.29, 1.82) is 0 Å². The minimum Gasteiger partial charge on any atom is -0.489 e. The molecule has 3 nitrogen and oxygen atoms in total. The zero-order valence-corrected chi connectivity index (χ0v) is 14.4. The second kappa shape index (κ2) is 7.90. The Hall–Kier alpha value is -1.72. The van der Waals surface area contributed by atoms with Gasteiger partial charge < -0.3 is 9.47 Å². The summed E-state index contributed by atoms with van der Waals surface area (Å²) in [5.41, 5.74) is 1.94. The van der Waals surface area contributed by atoms with Gasteiger partial charge in [0, 0.05) is 23.2 Å². The van der Waals surface area contributed by atoms with Crippen LogP contribution in [0, 0.1) is 5.82 Å². The second-order valence-corrected chi connectivity index (χ2v) is 7.64. The number of benzene rings is 2. The van der Waals surface area contributed by atoms with Crippen LogP contribution in [-0.4, -0.2) is 22.2 Å². The molecule has 1 aliphatic heterocycles. The summed E-state index contributed by atoms with van der Waals surface area (Å²) in [7, 11) is -0.920. The largest absolute Gasteiger partial charge is 0.489 e. The van der Waals surface area contributed by atoms with Crippen LogP contribution in [0.4, 0.5) is 4.39 Å². The maximum atomic E-state index is 12.9. The zero-order chi connectivity index (χ0) is 16.9. The highest BCUT2D eigenvalue weighted by atomic mass is 32.2. The molecule has 3 atom stereocenters. The molecule has 1 aliphatic rings. The van der Waals surface area contributed by atoms with E-state index in [1.54, 1.807) is 12.1 Å². The highest BCUT2D eigenvalue weighted by molar-refractivity contribution is 7.84. The van der Waals surface area contributed by atoms with Crippen molar-refractivity contribution in [1.82, 2.24) is 0 Å². The van der Waals surface area contributed by atoms with Crippen molar-refractivity contribution in [3.05, 3.63) is 65.5 Å². The Kier molecular flexibility index (Phi) is 5.63. The molecule has 0 unspecified atom stereocenters. The summed E-state index contributed by atoms with van der Waals surface area (Å²) in [6, 6.07) is 13.9. The van der Waals surface area contributed by atoms with E-state index in [4.69, 9.17) is 9.47 Å². The standard InChI is InChI=1S/C19H21FO3S/c1-14-19(10-11-22-14)24(21)13-16-4-8-18(9-5-16)23-12-15-2-6-17(20)7-3-15/h2-9,14,19H,10-13H2,1H3/t14-,19-,24-/m0/s1. The lowest BCUT2D eigenvalue weighted by Gasteiger charge is -2.14. The third kappa shape index (κ3) is 4.42. The second-order valence-electron chi connectivity index (χ2n) is 5.99. The van der Waals surface area contributed by atoms with Crippen LogP contribution in [0.15, 0.2) is 48.5 Å². The Morgan fingerprint density at radius 1 is 1.12 bits per heavy atom. The van der Waals surface area contributed by atoms with E-state index in [-0.39, 0.29) is 17.2 Å². The van der Waals surface area contributed by atoms with Gasteiger partial charge in [0.25, 0.3) is 0 Å². The number of rotatable bonds is 6. The van der Waals surface area contributed by atoms with Crippen LogP contribution in [0.1, 0.15) is 24.5 Å². The zero-order valence-electron chi connectivity index (χ0n) is 13.6. The van der Waals surface area contributed by atoms with E-state index < -0.39 is 10.8 Å². The first-order chi connectivity index (χ1) is 11.6. The van der Waals surface area contributed by atoms with E-state index in [1.165, 1.54) is 12.1 Å². The SMILES string of the molecule is C[C@@H]1OCC[C@@H]1[S@@](=O)Cc1ccc(OCc2ccc(F)cc2)cc1. The average Bonchev–Trinajstić information content (AvgIpc) is 3.02. The Balaban J connectivity index is 1.53. The molecule has 3 rings (SSSR count). The smallest absolute Gasteiger partial charge is 0.123 e. The van der Waals surface area contributed by atoms with Gasteiger partial charge in [-0.1, -0.05) is 24.3 Å². The van der Waals surface area contributed by atoms with Crippen molar-refractivity contribution in [2.75, 3.05) is 6.61 Å². The van der Waals surface area contributed by atoms with Gasteiger partial charge in [0.2, 0.25) is 0 Å². The Bertz CT molecular complexity index is 685. The molecular weight excluding hydrogens is 327 g/mol. The van der Waals surface area contributed by atoms with Crippen LogP contribution in [0.2, 0.25) is 0 Å². The minimum atomic E-state index is -0.920. The molecule has 0 radical (unpaired) electrons. The van der Waals surface area contributed by atoms with Gasteiger partial charge in [-0.15, -0.1) is 0 Å². The van der Waals surface area contributed by atoms with Crippen LogP contribution in [0.5, 0.6) is 5.75 Å². The van der Waals surface area contributed by atoms with Crippen molar-refractivity contribution in [2.45, 2.75) is 37.1 Å². The number of hydrogen-bond donors (Lipinski definition) is 0. The highest BCUT2D eigenvalue weighted by Crippen LogP contribution is 2.22. The fourth-order valence-corrected chi connectivity index (χ4v) is 4.36. The van der Waals surface area contributed by atoms with Crippen molar-refractivity contribution < 1.29 is 18.1 Å². The average molecular weight is 348 g/mol. The molecular formula is C19H21FO3S. The van der Waals surface area contributed by atoms with E-state index >= 15 is 0 Å². The fraction of sp³-hybridized carbons (Fsp3) is 0.368. The molecule has 0 saturated carbocycles. The summed E-state index contributed by atoms with van der Waals surface area (Å²) < 4.78 is 36.5. The van der Waals surface area contributed by atoms with Crippen molar-refractivity contribution in [3.63, 3.8) is 0 Å². The number of hydrogen-bond acceptors (Lipinski definition) is 3. The van der Waals surface area contributed by atoms with Gasteiger partial charge >= 0.3 is 0 Å². The van der Waals surface area contributed by atoms with Crippen LogP contribution in [0.25, 0.3) is 0 Å². The van der Waals surface area contributed by atoms with Gasteiger partial charge in [-0.3, -0.25) is 4.21 Å². The molecule has 1 fully saturated rings. The van der Waals surface area contributed by atoms with Gasteiger partial charge in [-0.2, -0.15) is 0 Å². The Morgan fingerprint density at radius 2 is 1.79 bits per heavy atom. The van der Waals surface area contributed by atoms with Crippen molar-refractivity contribution >= 4 is 10.8 Å². The van der Waals surface area contributed by atoms with E-state index in [0.717, 1.165) is 23.3 Å². The number of ether oxygens (including phenoxy) is 2. The third-order valence-electron chi connectivity index (χ3n) is 4.20. The summed E-state index contributed by atoms with van der Waals surface area (Å²) in [5.74, 6) is 1.03. The maximum absolute atomic E-state index is 12.9. The molecule has 2 aromatic rings. The summed E-state index contributed by atoms with van der Waals surface area (Å²) in [6.45, 7) is 3.08. The van der Waals surface area contributed by atoms with Crippen LogP contribution < -0.4 is 4.74 Å². The van der Waals surface area contributed by atoms with E-state index in [1.807, 2.05) is 31.2 Å². The minimum absolute atomic E-state index is 0.0733. The number of halogens is 1. The molecule has 0 aliphatic carbocycles. The first kappa shape index (κ1) is 17.1. The normalized spacial score (nSPS) is 21.6. The topological polar surface area (TPSA) is 35.5 Å². The molecule has 0 amide bonds. The van der Waals surface area contributed by atoms with Crippen molar-refractivity contribution in [3.8, 4) is 5.75 Å². The monoisotopic (exact) mass is 348 g/mol. The quantitative estimate of drug-likeness (QED) is 0.796. The highest BCUT2D eigenvalue weighted by Gasteiger charge is 2.29. The summed E-state index contributed by atoms with van der Waals surface area (Å²) in [5, 5.41) is 0.124. The summed E-state index contributed by atoms with van der Waals surface area (Å²) in [6.07, 6.45) is 0.941. The summed E-state index contributed by atoms with van der Waals surface area (Å²) in [4.78, 5) is 0. The first-order valence-corrected chi connectivity index (χ1v) is 9.45. The van der Waals surface area contributed by atoms with Crippen LogP contribution in [0.3, 0.4) is 0 Å².